The summed E-state index contributed by atoms with van der Waals surface area (Å²) in [6, 6.07) is 10.1. The predicted octanol–water partition coefficient (Wildman–Crippen LogP) is 3.08. The van der Waals surface area contributed by atoms with Gasteiger partial charge in [-0.1, -0.05) is 12.1 Å². The molecular weight excluding hydrogens is 294 g/mol. The van der Waals surface area contributed by atoms with E-state index in [2.05, 4.69) is 20.8 Å². The Morgan fingerprint density at radius 1 is 1.23 bits per heavy atom. The zero-order valence-electron chi connectivity index (χ0n) is 12.4. The van der Waals surface area contributed by atoms with Gasteiger partial charge in [-0.05, 0) is 36.4 Å². The molecule has 0 unspecified atom stereocenters. The molecule has 0 fully saturated rings. The van der Waals surface area contributed by atoms with Crippen LogP contribution in [0.2, 0.25) is 0 Å². The lowest BCUT2D eigenvalue weighted by atomic mass is 10.2. The Kier molecular flexibility index (Phi) is 4.85. The van der Waals surface area contributed by atoms with Gasteiger partial charge < -0.3 is 9.72 Å². The number of aryl methyl sites for hydroxylation is 2. The number of fused-ring (bicyclic) bond motifs is 1. The topological polar surface area (TPSA) is 46.4 Å². The molecule has 0 saturated carbocycles. The molecule has 22 heavy (non-hydrogen) atoms. The average Bonchev–Trinajstić information content (AvgIpc) is 3.19. The van der Waals surface area contributed by atoms with E-state index in [1.807, 2.05) is 42.0 Å². The maximum Gasteiger partial charge on any atom is 0.220 e. The zero-order valence-corrected chi connectivity index (χ0v) is 13.2. The third-order valence-corrected chi connectivity index (χ3v) is 4.53. The van der Waals surface area contributed by atoms with Crippen LogP contribution in [0.25, 0.3) is 5.52 Å². The van der Waals surface area contributed by atoms with E-state index in [1.54, 1.807) is 11.3 Å². The summed E-state index contributed by atoms with van der Waals surface area (Å²) in [6.07, 6.45) is 7.07. The molecule has 3 aromatic heterocycles. The molecule has 0 saturated heterocycles. The normalized spacial score (nSPS) is 10.9. The van der Waals surface area contributed by atoms with Crippen molar-refractivity contribution in [2.45, 2.75) is 25.7 Å². The average molecular weight is 313 g/mol. The van der Waals surface area contributed by atoms with Crippen LogP contribution in [0.4, 0.5) is 0 Å². The second-order valence-electron chi connectivity index (χ2n) is 5.20. The summed E-state index contributed by atoms with van der Waals surface area (Å²) < 4.78 is 2.10. The quantitative estimate of drug-likeness (QED) is 0.681. The smallest absolute Gasteiger partial charge is 0.220 e. The number of imidazole rings is 1. The van der Waals surface area contributed by atoms with Crippen molar-refractivity contribution in [2.24, 2.45) is 0 Å². The van der Waals surface area contributed by atoms with E-state index in [9.17, 15) is 4.79 Å². The molecule has 5 heteroatoms. The first-order chi connectivity index (χ1) is 10.8. The maximum atomic E-state index is 11.8. The van der Waals surface area contributed by atoms with Crippen molar-refractivity contribution in [3.63, 3.8) is 0 Å². The summed E-state index contributed by atoms with van der Waals surface area (Å²) in [5.41, 5.74) is 1.11. The van der Waals surface area contributed by atoms with Crippen molar-refractivity contribution in [1.29, 1.82) is 0 Å². The minimum Gasteiger partial charge on any atom is -0.356 e. The molecule has 3 heterocycles. The monoisotopic (exact) mass is 313 g/mol. The van der Waals surface area contributed by atoms with Crippen LogP contribution in [0.3, 0.4) is 0 Å². The lowest BCUT2D eigenvalue weighted by Crippen LogP contribution is -2.25. The number of pyridine rings is 1. The van der Waals surface area contributed by atoms with Gasteiger partial charge >= 0.3 is 0 Å². The van der Waals surface area contributed by atoms with Crippen LogP contribution in [0, 0.1) is 0 Å². The van der Waals surface area contributed by atoms with Crippen LogP contribution in [-0.4, -0.2) is 21.8 Å². The fourth-order valence-corrected chi connectivity index (χ4v) is 3.15. The molecule has 0 aliphatic carbocycles. The van der Waals surface area contributed by atoms with Crippen LogP contribution in [0.5, 0.6) is 0 Å². The number of carbonyl (C=O) groups excluding carboxylic acids is 1. The van der Waals surface area contributed by atoms with Crippen molar-refractivity contribution in [1.82, 2.24) is 14.7 Å². The maximum absolute atomic E-state index is 11.8. The summed E-state index contributed by atoms with van der Waals surface area (Å²) in [4.78, 5) is 17.5. The first-order valence-electron chi connectivity index (χ1n) is 7.53. The number of carbonyl (C=O) groups is 1. The molecule has 3 rings (SSSR count). The van der Waals surface area contributed by atoms with Gasteiger partial charge in [0.05, 0.1) is 11.7 Å². The molecule has 114 valence electrons. The van der Waals surface area contributed by atoms with Gasteiger partial charge in [-0.2, -0.15) is 0 Å². The van der Waals surface area contributed by atoms with E-state index < -0.39 is 0 Å². The Bertz CT molecular complexity index is 733. The highest BCUT2D eigenvalue weighted by molar-refractivity contribution is 7.09. The van der Waals surface area contributed by atoms with Gasteiger partial charge in [0.15, 0.2) is 0 Å². The number of amides is 1. The molecule has 3 aromatic rings. The van der Waals surface area contributed by atoms with E-state index in [4.69, 9.17) is 0 Å². The fourth-order valence-electron chi connectivity index (χ4n) is 2.44. The molecule has 0 atom stereocenters. The Morgan fingerprint density at radius 2 is 2.18 bits per heavy atom. The van der Waals surface area contributed by atoms with Gasteiger partial charge in [-0.15, -0.1) is 11.3 Å². The summed E-state index contributed by atoms with van der Waals surface area (Å²) in [6.45, 7) is 0.699. The van der Waals surface area contributed by atoms with Gasteiger partial charge in [-0.25, -0.2) is 4.98 Å². The van der Waals surface area contributed by atoms with Crippen LogP contribution in [0.1, 0.15) is 23.5 Å². The van der Waals surface area contributed by atoms with Crippen LogP contribution < -0.4 is 5.32 Å². The minimum atomic E-state index is 0.126. The highest BCUT2D eigenvalue weighted by Gasteiger charge is 2.04. The lowest BCUT2D eigenvalue weighted by Gasteiger charge is -2.05. The summed E-state index contributed by atoms with van der Waals surface area (Å²) >= 11 is 1.70. The van der Waals surface area contributed by atoms with Crippen molar-refractivity contribution in [3.05, 3.63) is 58.8 Å². The zero-order chi connectivity index (χ0) is 15.2. The van der Waals surface area contributed by atoms with E-state index in [1.165, 1.54) is 4.88 Å². The molecule has 0 radical (unpaired) electrons. The molecule has 1 N–H and O–H groups in total. The molecule has 4 nitrogen and oxygen atoms in total. The number of aromatic nitrogens is 2. The summed E-state index contributed by atoms with van der Waals surface area (Å²) in [5, 5.41) is 5.03. The van der Waals surface area contributed by atoms with Gasteiger partial charge in [0.1, 0.15) is 5.82 Å². The minimum absolute atomic E-state index is 0.126. The first-order valence-corrected chi connectivity index (χ1v) is 8.41. The fraction of sp³-hybridized carbons (Fsp3) is 0.294. The van der Waals surface area contributed by atoms with Crippen molar-refractivity contribution >= 4 is 22.8 Å². The van der Waals surface area contributed by atoms with Gasteiger partial charge in [0.2, 0.25) is 5.91 Å². The molecule has 1 amide bonds. The van der Waals surface area contributed by atoms with E-state index in [0.29, 0.717) is 13.0 Å². The Labute approximate surface area is 133 Å². The third-order valence-electron chi connectivity index (χ3n) is 3.59. The first kappa shape index (κ1) is 14.8. The number of hydrogen-bond donors (Lipinski definition) is 1. The van der Waals surface area contributed by atoms with E-state index in [-0.39, 0.29) is 5.91 Å². The Morgan fingerprint density at radius 3 is 3.05 bits per heavy atom. The molecule has 0 spiro atoms. The third kappa shape index (κ3) is 3.74. The number of thiophene rings is 1. The van der Waals surface area contributed by atoms with Crippen LogP contribution >= 0.6 is 11.3 Å². The predicted molar refractivity (Wildman–Crippen MR) is 89.2 cm³/mol. The summed E-state index contributed by atoms with van der Waals surface area (Å²) in [5.74, 6) is 1.17. The van der Waals surface area contributed by atoms with Crippen LogP contribution in [0.15, 0.2) is 48.1 Å². The van der Waals surface area contributed by atoms with E-state index in [0.717, 1.165) is 30.6 Å². The van der Waals surface area contributed by atoms with Crippen molar-refractivity contribution < 1.29 is 4.79 Å². The van der Waals surface area contributed by atoms with Crippen molar-refractivity contribution in [2.75, 3.05) is 6.54 Å². The number of rotatable bonds is 7. The highest BCUT2D eigenvalue weighted by Crippen LogP contribution is 2.11. The van der Waals surface area contributed by atoms with Gasteiger partial charge in [-0.3, -0.25) is 4.79 Å². The van der Waals surface area contributed by atoms with Gasteiger partial charge in [0, 0.05) is 30.5 Å². The standard InChI is InChI=1S/C17H19N3OS/c21-17(9-8-15-6-4-12-22-15)18-10-3-7-16-19-13-14-5-1-2-11-20(14)16/h1-2,4-6,11-13H,3,7-10H2,(H,18,21). The Balaban J connectivity index is 1.39. The summed E-state index contributed by atoms with van der Waals surface area (Å²) in [7, 11) is 0. The number of nitrogens with one attached hydrogen (secondary N) is 1. The Hall–Kier alpha value is -2.14. The second kappa shape index (κ2) is 7.22. The number of nitrogens with zero attached hydrogens (tertiary/aromatic N) is 2. The number of hydrogen-bond acceptors (Lipinski definition) is 3. The van der Waals surface area contributed by atoms with Gasteiger partial charge in [0.25, 0.3) is 0 Å². The SMILES string of the molecule is O=C(CCc1cccs1)NCCCc1ncc2ccccn12. The lowest BCUT2D eigenvalue weighted by molar-refractivity contribution is -0.121. The largest absolute Gasteiger partial charge is 0.356 e. The molecule has 0 aliphatic heterocycles. The molecule has 0 aliphatic rings. The second-order valence-corrected chi connectivity index (χ2v) is 6.24. The van der Waals surface area contributed by atoms with E-state index >= 15 is 0 Å². The highest BCUT2D eigenvalue weighted by atomic mass is 32.1. The molecule has 0 aromatic carbocycles. The van der Waals surface area contributed by atoms with Crippen LogP contribution in [-0.2, 0) is 17.6 Å². The molecule has 0 bridgehead atoms. The molecular formula is C17H19N3OS. The van der Waals surface area contributed by atoms with Crippen molar-refractivity contribution in [3.8, 4) is 0 Å².